The van der Waals surface area contributed by atoms with Gasteiger partial charge >= 0.3 is 0 Å². The summed E-state index contributed by atoms with van der Waals surface area (Å²) < 4.78 is 22.6. The number of ether oxygens (including phenoxy) is 4. The van der Waals surface area contributed by atoms with E-state index in [4.69, 9.17) is 18.9 Å². The van der Waals surface area contributed by atoms with Crippen LogP contribution >= 0.6 is 0 Å². The van der Waals surface area contributed by atoms with Crippen molar-refractivity contribution in [3.63, 3.8) is 0 Å². The van der Waals surface area contributed by atoms with Crippen LogP contribution in [0.2, 0.25) is 0 Å². The molecular weight excluding hydrogens is 380 g/mol. The number of aliphatic hydroxyl groups is 1. The Morgan fingerprint density at radius 3 is 2.57 bits per heavy atom. The standard InChI is InChI=1S/C25H30O5/c1-3-28-22-9-7-20(8-10-22)21-5-4-6-23(17-21)30-25-16-19(11-12-26)15-24(18-25)29-14-13-27-2/h4-10,16-18,24,26H,3,11-15H2,1-2H3. The van der Waals surface area contributed by atoms with Gasteiger partial charge in [0.2, 0.25) is 0 Å². The van der Waals surface area contributed by atoms with Gasteiger partial charge in [-0.2, -0.15) is 0 Å². The molecule has 0 spiro atoms. The third-order valence-corrected chi connectivity index (χ3v) is 4.78. The molecule has 0 amide bonds. The van der Waals surface area contributed by atoms with E-state index in [0.29, 0.717) is 26.2 Å². The van der Waals surface area contributed by atoms with Gasteiger partial charge in [0, 0.05) is 13.7 Å². The molecule has 0 radical (unpaired) electrons. The van der Waals surface area contributed by atoms with Crippen LogP contribution in [0.1, 0.15) is 19.8 Å². The molecule has 160 valence electrons. The lowest BCUT2D eigenvalue weighted by Gasteiger charge is -2.22. The molecule has 3 rings (SSSR count). The first-order chi connectivity index (χ1) is 14.7. The highest BCUT2D eigenvalue weighted by atomic mass is 16.5. The Morgan fingerprint density at radius 2 is 1.83 bits per heavy atom. The molecule has 0 heterocycles. The monoisotopic (exact) mass is 410 g/mol. The second-order valence-electron chi connectivity index (χ2n) is 7.04. The van der Waals surface area contributed by atoms with Gasteiger partial charge in [-0.15, -0.1) is 0 Å². The molecule has 0 saturated heterocycles. The van der Waals surface area contributed by atoms with E-state index in [-0.39, 0.29) is 12.7 Å². The van der Waals surface area contributed by atoms with Crippen LogP contribution in [0.25, 0.3) is 11.1 Å². The number of allylic oxidation sites excluding steroid dienone is 1. The fraction of sp³-hybridized carbons (Fsp3) is 0.360. The smallest absolute Gasteiger partial charge is 0.128 e. The molecule has 2 aromatic carbocycles. The third kappa shape index (κ3) is 6.46. The molecule has 2 aromatic rings. The molecule has 1 unspecified atom stereocenters. The quantitative estimate of drug-likeness (QED) is 0.541. The zero-order valence-corrected chi connectivity index (χ0v) is 17.7. The fourth-order valence-electron chi connectivity index (χ4n) is 3.37. The maximum absolute atomic E-state index is 9.34. The third-order valence-electron chi connectivity index (χ3n) is 4.78. The first-order valence-corrected chi connectivity index (χ1v) is 10.4. The van der Waals surface area contributed by atoms with Crippen LogP contribution in [-0.2, 0) is 9.47 Å². The Hall–Kier alpha value is -2.60. The number of aliphatic hydroxyl groups excluding tert-OH is 1. The summed E-state index contributed by atoms with van der Waals surface area (Å²) in [6.45, 7) is 3.80. The lowest BCUT2D eigenvalue weighted by Crippen LogP contribution is -2.19. The Kier molecular flexibility index (Phi) is 8.51. The van der Waals surface area contributed by atoms with Crippen molar-refractivity contribution in [2.75, 3.05) is 33.5 Å². The SMILES string of the molecule is CCOc1ccc(-c2cccc(OC3=CC(OCCOC)CC(CCO)=C3)c2)cc1. The number of hydrogen-bond donors (Lipinski definition) is 1. The zero-order chi connectivity index (χ0) is 21.2. The minimum atomic E-state index is -0.0870. The molecule has 5 heteroatoms. The minimum absolute atomic E-state index is 0.0870. The van der Waals surface area contributed by atoms with Crippen molar-refractivity contribution < 1.29 is 24.1 Å². The summed E-state index contributed by atoms with van der Waals surface area (Å²) in [5, 5.41) is 9.34. The largest absolute Gasteiger partial charge is 0.494 e. The number of rotatable bonds is 11. The van der Waals surface area contributed by atoms with Gasteiger partial charge in [-0.05, 0) is 67.3 Å². The molecule has 0 aromatic heterocycles. The summed E-state index contributed by atoms with van der Waals surface area (Å²) in [5.41, 5.74) is 3.28. The van der Waals surface area contributed by atoms with Crippen LogP contribution in [-0.4, -0.2) is 44.7 Å². The van der Waals surface area contributed by atoms with Gasteiger partial charge in [0.25, 0.3) is 0 Å². The molecule has 1 N–H and O–H groups in total. The summed E-state index contributed by atoms with van der Waals surface area (Å²) in [6, 6.07) is 16.0. The first kappa shape index (κ1) is 22.1. The Bertz CT molecular complexity index is 854. The van der Waals surface area contributed by atoms with Gasteiger partial charge in [-0.1, -0.05) is 29.8 Å². The molecule has 1 atom stereocenters. The van der Waals surface area contributed by atoms with E-state index in [2.05, 4.69) is 6.07 Å². The zero-order valence-electron chi connectivity index (χ0n) is 17.7. The lowest BCUT2D eigenvalue weighted by atomic mass is 9.99. The molecule has 0 aliphatic heterocycles. The normalized spacial score (nSPS) is 16.0. The van der Waals surface area contributed by atoms with Crippen molar-refractivity contribution in [2.24, 2.45) is 0 Å². The Morgan fingerprint density at radius 1 is 1.00 bits per heavy atom. The van der Waals surface area contributed by atoms with E-state index in [9.17, 15) is 5.11 Å². The average molecular weight is 411 g/mol. The van der Waals surface area contributed by atoms with Gasteiger partial charge in [0.15, 0.2) is 0 Å². The van der Waals surface area contributed by atoms with E-state index in [1.807, 2.05) is 61.5 Å². The topological polar surface area (TPSA) is 57.2 Å². The van der Waals surface area contributed by atoms with Crippen LogP contribution in [0, 0.1) is 0 Å². The maximum Gasteiger partial charge on any atom is 0.128 e. The summed E-state index contributed by atoms with van der Waals surface area (Å²) in [6.07, 6.45) is 5.26. The summed E-state index contributed by atoms with van der Waals surface area (Å²) in [7, 11) is 1.66. The Labute approximate surface area is 178 Å². The van der Waals surface area contributed by atoms with Gasteiger partial charge < -0.3 is 24.1 Å². The first-order valence-electron chi connectivity index (χ1n) is 10.4. The van der Waals surface area contributed by atoms with Crippen LogP contribution < -0.4 is 9.47 Å². The molecule has 0 fully saturated rings. The number of benzene rings is 2. The lowest BCUT2D eigenvalue weighted by molar-refractivity contribution is 0.0374. The van der Waals surface area contributed by atoms with Crippen molar-refractivity contribution in [1.29, 1.82) is 0 Å². The average Bonchev–Trinajstić information content (AvgIpc) is 2.75. The molecule has 0 saturated carbocycles. The highest BCUT2D eigenvalue weighted by Crippen LogP contribution is 2.29. The summed E-state index contributed by atoms with van der Waals surface area (Å²) in [5.74, 6) is 2.35. The van der Waals surface area contributed by atoms with Crippen LogP contribution in [0.5, 0.6) is 11.5 Å². The second kappa shape index (κ2) is 11.6. The van der Waals surface area contributed by atoms with Crippen LogP contribution in [0.4, 0.5) is 0 Å². The summed E-state index contributed by atoms with van der Waals surface area (Å²) >= 11 is 0. The van der Waals surface area contributed by atoms with Gasteiger partial charge in [-0.25, -0.2) is 0 Å². The van der Waals surface area contributed by atoms with E-state index in [0.717, 1.165) is 40.4 Å². The van der Waals surface area contributed by atoms with E-state index in [1.54, 1.807) is 7.11 Å². The van der Waals surface area contributed by atoms with Crippen LogP contribution in [0.15, 0.2) is 72.0 Å². The predicted molar refractivity (Wildman–Crippen MR) is 118 cm³/mol. The van der Waals surface area contributed by atoms with E-state index in [1.165, 1.54) is 0 Å². The van der Waals surface area contributed by atoms with Crippen molar-refractivity contribution >= 4 is 0 Å². The van der Waals surface area contributed by atoms with Gasteiger partial charge in [0.1, 0.15) is 17.3 Å². The van der Waals surface area contributed by atoms with Crippen molar-refractivity contribution in [3.05, 3.63) is 72.0 Å². The number of methoxy groups -OCH3 is 1. The minimum Gasteiger partial charge on any atom is -0.494 e. The van der Waals surface area contributed by atoms with Gasteiger partial charge in [-0.3, -0.25) is 0 Å². The van der Waals surface area contributed by atoms with Crippen molar-refractivity contribution in [3.8, 4) is 22.6 Å². The molecule has 1 aliphatic rings. The molecule has 30 heavy (non-hydrogen) atoms. The van der Waals surface area contributed by atoms with E-state index < -0.39 is 0 Å². The van der Waals surface area contributed by atoms with Gasteiger partial charge in [0.05, 0.1) is 25.9 Å². The highest BCUT2D eigenvalue weighted by molar-refractivity contribution is 5.65. The van der Waals surface area contributed by atoms with Crippen molar-refractivity contribution in [1.82, 2.24) is 0 Å². The predicted octanol–water partition coefficient (Wildman–Crippen LogP) is 4.76. The maximum atomic E-state index is 9.34. The van der Waals surface area contributed by atoms with E-state index >= 15 is 0 Å². The molecule has 5 nitrogen and oxygen atoms in total. The molecule has 1 aliphatic carbocycles. The fourth-order valence-corrected chi connectivity index (χ4v) is 3.37. The van der Waals surface area contributed by atoms with Crippen LogP contribution in [0.3, 0.4) is 0 Å². The second-order valence-corrected chi connectivity index (χ2v) is 7.04. The molecular formula is C25H30O5. The van der Waals surface area contributed by atoms with Crippen molar-refractivity contribution in [2.45, 2.75) is 25.9 Å². The Balaban J connectivity index is 1.74. The summed E-state index contributed by atoms with van der Waals surface area (Å²) in [4.78, 5) is 0. The number of hydrogen-bond acceptors (Lipinski definition) is 5. The molecule has 0 bridgehead atoms. The highest BCUT2D eigenvalue weighted by Gasteiger charge is 2.17.